The number of nitrogen functional groups attached to an aromatic ring is 1. The van der Waals surface area contributed by atoms with E-state index in [1.165, 1.54) is 18.5 Å². The highest BCUT2D eigenvalue weighted by molar-refractivity contribution is 6.08. The second kappa shape index (κ2) is 6.05. The molecule has 2 aliphatic rings. The van der Waals surface area contributed by atoms with Crippen LogP contribution in [0.15, 0.2) is 36.5 Å². The summed E-state index contributed by atoms with van der Waals surface area (Å²) in [6, 6.07) is 11.4. The molecule has 4 aromatic rings. The minimum atomic E-state index is 0.536. The van der Waals surface area contributed by atoms with Crippen molar-refractivity contribution in [1.82, 2.24) is 25.1 Å². The predicted molar refractivity (Wildman–Crippen MR) is 109 cm³/mol. The van der Waals surface area contributed by atoms with Gasteiger partial charge in [-0.15, -0.1) is 0 Å². The molecule has 3 aromatic heterocycles. The third-order valence-electron chi connectivity index (χ3n) is 6.21. The summed E-state index contributed by atoms with van der Waals surface area (Å²) in [7, 11) is 0. The van der Waals surface area contributed by atoms with E-state index >= 15 is 0 Å². The van der Waals surface area contributed by atoms with Crippen molar-refractivity contribution in [3.8, 4) is 11.3 Å². The lowest BCUT2D eigenvalue weighted by Gasteiger charge is -2.34. The van der Waals surface area contributed by atoms with Gasteiger partial charge in [-0.1, -0.05) is 12.1 Å². The minimum absolute atomic E-state index is 0.536. The van der Waals surface area contributed by atoms with E-state index < -0.39 is 0 Å². The Morgan fingerprint density at radius 1 is 1.11 bits per heavy atom. The highest BCUT2D eigenvalue weighted by Crippen LogP contribution is 2.34. The van der Waals surface area contributed by atoms with E-state index in [0.29, 0.717) is 17.9 Å². The highest BCUT2D eigenvalue weighted by atomic mass is 16.5. The van der Waals surface area contributed by atoms with Crippen LogP contribution in [0.3, 0.4) is 0 Å². The van der Waals surface area contributed by atoms with Crippen LogP contribution < -0.4 is 5.73 Å². The van der Waals surface area contributed by atoms with Crippen LogP contribution >= 0.6 is 0 Å². The Morgan fingerprint density at radius 2 is 1.96 bits per heavy atom. The molecule has 2 aliphatic heterocycles. The zero-order valence-corrected chi connectivity index (χ0v) is 15.5. The van der Waals surface area contributed by atoms with Gasteiger partial charge in [-0.2, -0.15) is 5.10 Å². The van der Waals surface area contributed by atoms with E-state index in [-0.39, 0.29) is 0 Å². The number of anilines is 1. The lowest BCUT2D eigenvalue weighted by molar-refractivity contribution is -0.0191. The zero-order valence-electron chi connectivity index (χ0n) is 15.5. The highest BCUT2D eigenvalue weighted by Gasteiger charge is 2.37. The molecule has 0 amide bonds. The van der Waals surface area contributed by atoms with Crippen molar-refractivity contribution < 1.29 is 4.74 Å². The van der Waals surface area contributed by atoms with Gasteiger partial charge in [0.25, 0.3) is 0 Å². The smallest absolute Gasteiger partial charge is 0.133 e. The van der Waals surface area contributed by atoms with Crippen molar-refractivity contribution in [2.45, 2.75) is 31.5 Å². The van der Waals surface area contributed by atoms with Crippen LogP contribution in [0.2, 0.25) is 0 Å². The molecule has 5 heterocycles. The normalized spacial score (nSPS) is 22.4. The molecule has 7 nitrogen and oxygen atoms in total. The lowest BCUT2D eigenvalue weighted by Crippen LogP contribution is -2.45. The van der Waals surface area contributed by atoms with Crippen LogP contribution in [0.4, 0.5) is 5.82 Å². The Hall–Kier alpha value is -2.90. The Labute approximate surface area is 161 Å². The van der Waals surface area contributed by atoms with Gasteiger partial charge in [0.05, 0.1) is 29.9 Å². The summed E-state index contributed by atoms with van der Waals surface area (Å²) in [4.78, 5) is 10.9. The zero-order chi connectivity index (χ0) is 18.7. The monoisotopic (exact) mass is 374 g/mol. The van der Waals surface area contributed by atoms with Crippen LogP contribution in [-0.4, -0.2) is 50.4 Å². The fourth-order valence-electron chi connectivity index (χ4n) is 4.79. The first-order chi connectivity index (χ1) is 13.8. The molecular formula is C21H22N6O. The number of benzene rings is 1. The van der Waals surface area contributed by atoms with Crippen molar-refractivity contribution in [3.05, 3.63) is 42.2 Å². The quantitative estimate of drug-likeness (QED) is 0.512. The standard InChI is InChI=1S/C21H22N6O/c22-21-17-8-13(9-27-14-2-3-15(27)11-28-10-14)24-20(17)16-4-1-12(7-19(16)25-21)18-5-6-23-26-18/h1,4-8,14-15,24H,2-3,9-11H2,(H2,22,25)(H,23,26)/t14-,15+. The summed E-state index contributed by atoms with van der Waals surface area (Å²) >= 11 is 0. The molecule has 0 radical (unpaired) electrons. The van der Waals surface area contributed by atoms with Crippen molar-refractivity contribution in [1.29, 1.82) is 0 Å². The molecule has 6 rings (SSSR count). The van der Waals surface area contributed by atoms with E-state index in [2.05, 4.69) is 49.3 Å². The van der Waals surface area contributed by atoms with Gasteiger partial charge < -0.3 is 15.5 Å². The molecule has 4 N–H and O–H groups in total. The van der Waals surface area contributed by atoms with Crippen LogP contribution in [0.5, 0.6) is 0 Å². The Morgan fingerprint density at radius 3 is 2.75 bits per heavy atom. The summed E-state index contributed by atoms with van der Waals surface area (Å²) in [6.07, 6.45) is 4.21. The fourth-order valence-corrected chi connectivity index (χ4v) is 4.79. The van der Waals surface area contributed by atoms with Crippen molar-refractivity contribution in [2.24, 2.45) is 0 Å². The Kier molecular flexibility index (Phi) is 3.48. The lowest BCUT2D eigenvalue weighted by atomic mass is 10.1. The van der Waals surface area contributed by atoms with Crippen LogP contribution in [0.25, 0.3) is 33.1 Å². The number of hydrogen-bond donors (Lipinski definition) is 3. The van der Waals surface area contributed by atoms with Crippen molar-refractivity contribution >= 4 is 27.6 Å². The molecule has 2 bridgehead atoms. The number of fused-ring (bicyclic) bond motifs is 5. The van der Waals surface area contributed by atoms with Crippen molar-refractivity contribution in [3.63, 3.8) is 0 Å². The molecule has 0 saturated carbocycles. The molecule has 0 aliphatic carbocycles. The van der Waals surface area contributed by atoms with Gasteiger partial charge in [0.15, 0.2) is 0 Å². The number of nitrogens with one attached hydrogen (secondary N) is 2. The largest absolute Gasteiger partial charge is 0.383 e. The number of aromatic amines is 2. The van der Waals surface area contributed by atoms with E-state index in [4.69, 9.17) is 10.5 Å². The van der Waals surface area contributed by atoms with Crippen molar-refractivity contribution in [2.75, 3.05) is 18.9 Å². The maximum Gasteiger partial charge on any atom is 0.133 e. The second-order valence-electron chi connectivity index (χ2n) is 7.88. The maximum atomic E-state index is 6.32. The number of nitrogens with two attached hydrogens (primary N) is 1. The number of ether oxygens (including phenoxy) is 1. The number of morpholine rings is 1. The summed E-state index contributed by atoms with van der Waals surface area (Å²) < 4.78 is 5.71. The van der Waals surface area contributed by atoms with Gasteiger partial charge in [-0.25, -0.2) is 4.98 Å². The number of nitrogens with zero attached hydrogens (tertiary/aromatic N) is 3. The molecule has 142 valence electrons. The second-order valence-corrected chi connectivity index (χ2v) is 7.88. The summed E-state index contributed by atoms with van der Waals surface area (Å²) in [5.74, 6) is 0.566. The number of hydrogen-bond acceptors (Lipinski definition) is 5. The van der Waals surface area contributed by atoms with Crippen LogP contribution in [-0.2, 0) is 11.3 Å². The third kappa shape index (κ3) is 2.43. The van der Waals surface area contributed by atoms with Gasteiger partial charge in [0.2, 0.25) is 0 Å². The minimum Gasteiger partial charge on any atom is -0.383 e. The van der Waals surface area contributed by atoms with Gasteiger partial charge >= 0.3 is 0 Å². The van der Waals surface area contributed by atoms with E-state index in [1.54, 1.807) is 6.20 Å². The van der Waals surface area contributed by atoms with E-state index in [1.807, 2.05) is 6.07 Å². The molecule has 2 atom stereocenters. The van der Waals surface area contributed by atoms with Crippen LogP contribution in [0.1, 0.15) is 18.5 Å². The predicted octanol–water partition coefficient (Wildman–Crippen LogP) is 3.05. The molecule has 28 heavy (non-hydrogen) atoms. The summed E-state index contributed by atoms with van der Waals surface area (Å²) in [5, 5.41) is 9.12. The van der Waals surface area contributed by atoms with Gasteiger partial charge in [0.1, 0.15) is 5.82 Å². The SMILES string of the molecule is Nc1nc2cc(-c3ccn[nH]3)ccc2c2[nH]c(CN3[C@@H]4CC[C@H]3COC4)cc12. The number of rotatable bonds is 3. The molecule has 2 fully saturated rings. The Bertz CT molecular complexity index is 1150. The average Bonchev–Trinajstić information content (AvgIpc) is 3.41. The Balaban J connectivity index is 1.42. The molecule has 7 heteroatoms. The molecule has 0 spiro atoms. The first kappa shape index (κ1) is 16.1. The third-order valence-corrected chi connectivity index (χ3v) is 6.21. The molecular weight excluding hydrogens is 352 g/mol. The first-order valence-corrected chi connectivity index (χ1v) is 9.80. The van der Waals surface area contributed by atoms with E-state index in [9.17, 15) is 0 Å². The van der Waals surface area contributed by atoms with E-state index in [0.717, 1.165) is 52.8 Å². The topological polar surface area (TPSA) is 95.8 Å². The molecule has 0 unspecified atom stereocenters. The van der Waals surface area contributed by atoms with Gasteiger partial charge in [-0.3, -0.25) is 10.00 Å². The number of pyridine rings is 1. The number of H-pyrrole nitrogens is 2. The summed E-state index contributed by atoms with van der Waals surface area (Å²) in [6.45, 7) is 2.60. The molecule has 2 saturated heterocycles. The van der Waals surface area contributed by atoms with Gasteiger partial charge in [0, 0.05) is 46.9 Å². The summed E-state index contributed by atoms with van der Waals surface area (Å²) in [5.41, 5.74) is 11.5. The molecule has 1 aromatic carbocycles. The number of aromatic nitrogens is 4. The fraction of sp³-hybridized carbons (Fsp3) is 0.333. The van der Waals surface area contributed by atoms with Gasteiger partial charge in [-0.05, 0) is 31.0 Å². The first-order valence-electron chi connectivity index (χ1n) is 9.80. The average molecular weight is 374 g/mol. The maximum absolute atomic E-state index is 6.32. The van der Waals surface area contributed by atoms with Crippen LogP contribution in [0, 0.1) is 0 Å².